The third kappa shape index (κ3) is 1.73. The standard InChI is InChI=1S/C6H11N3O/c7-6(10)9-5-3-1-2-4-8-9/h1-2,8H,3-5H2,(H2,7,10). The number of hydrogen-bond acceptors (Lipinski definition) is 2. The van der Waals surface area contributed by atoms with Crippen LogP contribution in [0, 0.1) is 0 Å². The highest BCUT2D eigenvalue weighted by Gasteiger charge is 2.07. The first kappa shape index (κ1) is 7.08. The van der Waals surface area contributed by atoms with Crippen LogP contribution in [0.3, 0.4) is 0 Å². The number of carbonyl (C=O) groups is 1. The summed E-state index contributed by atoms with van der Waals surface area (Å²) in [4.78, 5) is 10.6. The largest absolute Gasteiger partial charge is 0.350 e. The van der Waals surface area contributed by atoms with E-state index < -0.39 is 6.03 Å². The SMILES string of the molecule is NC(=O)N1CCC=CCN1. The van der Waals surface area contributed by atoms with Crippen molar-refractivity contribution >= 4 is 6.03 Å². The summed E-state index contributed by atoms with van der Waals surface area (Å²) in [6, 6.07) is -0.413. The lowest BCUT2D eigenvalue weighted by Crippen LogP contribution is -2.45. The molecule has 0 spiro atoms. The number of nitrogens with zero attached hydrogens (tertiary/aromatic N) is 1. The number of hydrogen-bond donors (Lipinski definition) is 2. The number of urea groups is 1. The van der Waals surface area contributed by atoms with Gasteiger partial charge in [-0.3, -0.25) is 5.01 Å². The summed E-state index contributed by atoms with van der Waals surface area (Å²) >= 11 is 0. The second-order valence-corrected chi connectivity index (χ2v) is 2.11. The summed E-state index contributed by atoms with van der Waals surface area (Å²) < 4.78 is 0. The van der Waals surface area contributed by atoms with E-state index in [0.29, 0.717) is 13.1 Å². The zero-order valence-corrected chi connectivity index (χ0v) is 5.71. The van der Waals surface area contributed by atoms with Gasteiger partial charge in [0.05, 0.1) is 0 Å². The van der Waals surface area contributed by atoms with Crippen LogP contribution in [0.2, 0.25) is 0 Å². The summed E-state index contributed by atoms with van der Waals surface area (Å²) in [6.07, 6.45) is 4.87. The zero-order chi connectivity index (χ0) is 7.40. The molecule has 0 unspecified atom stereocenters. The lowest BCUT2D eigenvalue weighted by molar-refractivity contribution is 0.186. The fourth-order valence-electron chi connectivity index (χ4n) is 0.835. The maximum atomic E-state index is 10.6. The van der Waals surface area contributed by atoms with Gasteiger partial charge < -0.3 is 5.73 Å². The van der Waals surface area contributed by atoms with Crippen LogP contribution in [0.15, 0.2) is 12.2 Å². The van der Waals surface area contributed by atoms with E-state index in [1.165, 1.54) is 5.01 Å². The molecule has 56 valence electrons. The third-order valence-corrected chi connectivity index (χ3v) is 1.35. The second-order valence-electron chi connectivity index (χ2n) is 2.11. The van der Waals surface area contributed by atoms with Gasteiger partial charge >= 0.3 is 6.03 Å². The Morgan fingerprint density at radius 1 is 1.60 bits per heavy atom. The van der Waals surface area contributed by atoms with Gasteiger partial charge in [0, 0.05) is 13.1 Å². The van der Waals surface area contributed by atoms with E-state index in [0.717, 1.165) is 6.42 Å². The van der Waals surface area contributed by atoms with Crippen molar-refractivity contribution in [3.8, 4) is 0 Å². The highest BCUT2D eigenvalue weighted by molar-refractivity contribution is 5.71. The minimum atomic E-state index is -0.413. The summed E-state index contributed by atoms with van der Waals surface area (Å²) in [5.74, 6) is 0. The Hall–Kier alpha value is -1.03. The van der Waals surface area contributed by atoms with Gasteiger partial charge in [0.25, 0.3) is 0 Å². The second kappa shape index (κ2) is 3.22. The lowest BCUT2D eigenvalue weighted by atomic mass is 10.4. The zero-order valence-electron chi connectivity index (χ0n) is 5.71. The van der Waals surface area contributed by atoms with Crippen LogP contribution < -0.4 is 11.2 Å². The van der Waals surface area contributed by atoms with Gasteiger partial charge in [0.2, 0.25) is 0 Å². The van der Waals surface area contributed by atoms with E-state index in [1.807, 2.05) is 12.2 Å². The third-order valence-electron chi connectivity index (χ3n) is 1.35. The van der Waals surface area contributed by atoms with Gasteiger partial charge in [-0.05, 0) is 6.42 Å². The molecule has 0 bridgehead atoms. The van der Waals surface area contributed by atoms with E-state index in [2.05, 4.69) is 5.43 Å². The molecule has 0 saturated heterocycles. The van der Waals surface area contributed by atoms with Crippen molar-refractivity contribution in [2.24, 2.45) is 5.73 Å². The molecule has 10 heavy (non-hydrogen) atoms. The molecule has 0 aromatic rings. The molecule has 4 heteroatoms. The molecule has 1 heterocycles. The Labute approximate surface area is 59.6 Å². The number of rotatable bonds is 0. The summed E-state index contributed by atoms with van der Waals surface area (Å²) in [6.45, 7) is 1.34. The number of hydrazine groups is 1. The minimum Gasteiger partial charge on any atom is -0.350 e. The number of nitrogens with one attached hydrogen (secondary N) is 1. The lowest BCUT2D eigenvalue weighted by Gasteiger charge is -2.17. The number of amides is 2. The molecule has 0 radical (unpaired) electrons. The average Bonchev–Trinajstić information content (AvgIpc) is 2.12. The average molecular weight is 141 g/mol. The van der Waals surface area contributed by atoms with Crippen LogP contribution in [0.5, 0.6) is 0 Å². The molecular weight excluding hydrogens is 130 g/mol. The van der Waals surface area contributed by atoms with Crippen molar-refractivity contribution < 1.29 is 4.79 Å². The molecule has 0 fully saturated rings. The van der Waals surface area contributed by atoms with Crippen LogP contribution in [0.25, 0.3) is 0 Å². The molecule has 4 nitrogen and oxygen atoms in total. The van der Waals surface area contributed by atoms with Gasteiger partial charge in [0.1, 0.15) is 0 Å². The number of nitrogens with two attached hydrogens (primary N) is 1. The molecule has 0 atom stereocenters. The van der Waals surface area contributed by atoms with Crippen molar-refractivity contribution in [1.82, 2.24) is 10.4 Å². The first-order chi connectivity index (χ1) is 4.80. The van der Waals surface area contributed by atoms with Crippen molar-refractivity contribution in [3.63, 3.8) is 0 Å². The van der Waals surface area contributed by atoms with E-state index in [9.17, 15) is 4.79 Å². The first-order valence-corrected chi connectivity index (χ1v) is 3.26. The van der Waals surface area contributed by atoms with Gasteiger partial charge in [-0.2, -0.15) is 0 Å². The topological polar surface area (TPSA) is 58.4 Å². The molecule has 0 aromatic heterocycles. The molecule has 0 aliphatic carbocycles. The van der Waals surface area contributed by atoms with Crippen LogP contribution >= 0.6 is 0 Å². The summed E-state index contributed by atoms with van der Waals surface area (Å²) in [7, 11) is 0. The fraction of sp³-hybridized carbons (Fsp3) is 0.500. The Morgan fingerprint density at radius 2 is 2.40 bits per heavy atom. The number of primary amides is 1. The monoisotopic (exact) mass is 141 g/mol. The van der Waals surface area contributed by atoms with Crippen LogP contribution in [0.1, 0.15) is 6.42 Å². The maximum absolute atomic E-state index is 10.6. The van der Waals surface area contributed by atoms with Crippen LogP contribution in [0.4, 0.5) is 4.79 Å². The van der Waals surface area contributed by atoms with Crippen molar-refractivity contribution in [2.75, 3.05) is 13.1 Å². The van der Waals surface area contributed by atoms with Crippen LogP contribution in [-0.4, -0.2) is 24.1 Å². The van der Waals surface area contributed by atoms with E-state index in [1.54, 1.807) is 0 Å². The molecule has 1 aliphatic heterocycles. The highest BCUT2D eigenvalue weighted by Crippen LogP contribution is 1.92. The molecular formula is C6H11N3O. The Balaban J connectivity index is 2.41. The van der Waals surface area contributed by atoms with Gasteiger partial charge in [-0.15, -0.1) is 0 Å². The molecule has 1 aliphatic rings. The molecule has 0 aromatic carbocycles. The molecule has 2 amide bonds. The molecule has 1 rings (SSSR count). The number of carbonyl (C=O) groups excluding carboxylic acids is 1. The highest BCUT2D eigenvalue weighted by atomic mass is 16.2. The van der Waals surface area contributed by atoms with Gasteiger partial charge in [0.15, 0.2) is 0 Å². The van der Waals surface area contributed by atoms with E-state index in [4.69, 9.17) is 5.73 Å². The molecule has 0 saturated carbocycles. The predicted molar refractivity (Wildman–Crippen MR) is 38.0 cm³/mol. The van der Waals surface area contributed by atoms with E-state index >= 15 is 0 Å². The van der Waals surface area contributed by atoms with Gasteiger partial charge in [-0.1, -0.05) is 12.2 Å². The molecule has 3 N–H and O–H groups in total. The maximum Gasteiger partial charge on any atom is 0.329 e. The van der Waals surface area contributed by atoms with Crippen molar-refractivity contribution in [3.05, 3.63) is 12.2 Å². The summed E-state index contributed by atoms with van der Waals surface area (Å²) in [5, 5.41) is 1.42. The Morgan fingerprint density at radius 3 is 3.10 bits per heavy atom. The normalized spacial score (nSPS) is 18.6. The van der Waals surface area contributed by atoms with Gasteiger partial charge in [-0.25, -0.2) is 10.2 Å². The van der Waals surface area contributed by atoms with Crippen molar-refractivity contribution in [1.29, 1.82) is 0 Å². The minimum absolute atomic E-state index is 0.413. The fourth-order valence-corrected chi connectivity index (χ4v) is 0.835. The Bertz CT molecular complexity index is 145. The van der Waals surface area contributed by atoms with E-state index in [-0.39, 0.29) is 0 Å². The Kier molecular flexibility index (Phi) is 2.28. The quantitative estimate of drug-likeness (QED) is 0.460. The van der Waals surface area contributed by atoms with Crippen LogP contribution in [-0.2, 0) is 0 Å². The first-order valence-electron chi connectivity index (χ1n) is 3.26. The predicted octanol–water partition coefficient (Wildman–Crippen LogP) is -0.168. The summed E-state index contributed by atoms with van der Waals surface area (Å²) in [5.41, 5.74) is 7.89. The smallest absolute Gasteiger partial charge is 0.329 e. The van der Waals surface area contributed by atoms with Crippen molar-refractivity contribution in [2.45, 2.75) is 6.42 Å².